The standard InChI is InChI=1S/C7H9F2NO4/c8-5(9)6(12)10-2-3(11)1-4(10)7(13)14/h3-5,11H,1-2H2,(H,13,14)/t3-,4-/m1/s1. The number of aliphatic carboxylic acids is 1. The molecule has 7 heteroatoms. The van der Waals surface area contributed by atoms with Crippen molar-refractivity contribution < 1.29 is 28.6 Å². The summed E-state index contributed by atoms with van der Waals surface area (Å²) in [4.78, 5) is 21.8. The van der Waals surface area contributed by atoms with E-state index >= 15 is 0 Å². The number of β-amino-alcohol motifs (C(OH)–C–C–N with tert-alkyl or cyclic N) is 1. The van der Waals surface area contributed by atoms with E-state index in [2.05, 4.69) is 0 Å². The number of hydrogen-bond acceptors (Lipinski definition) is 3. The molecule has 1 saturated heterocycles. The number of alkyl halides is 2. The zero-order valence-electron chi connectivity index (χ0n) is 7.06. The summed E-state index contributed by atoms with van der Waals surface area (Å²) in [6.07, 6.45) is -4.48. The van der Waals surface area contributed by atoms with Crippen LogP contribution in [0, 0.1) is 0 Å². The van der Waals surface area contributed by atoms with Crippen LogP contribution in [0.25, 0.3) is 0 Å². The summed E-state index contributed by atoms with van der Waals surface area (Å²) in [6.45, 7) is -0.347. The Labute approximate surface area is 77.9 Å². The normalized spacial score (nSPS) is 27.0. The first-order valence-electron chi connectivity index (χ1n) is 3.93. The maximum Gasteiger partial charge on any atom is 0.326 e. The van der Waals surface area contributed by atoms with E-state index in [0.717, 1.165) is 0 Å². The molecule has 1 fully saturated rings. The molecule has 0 aromatic carbocycles. The molecule has 0 aromatic heterocycles. The van der Waals surface area contributed by atoms with Crippen molar-refractivity contribution in [2.45, 2.75) is 25.0 Å². The molecule has 1 aliphatic rings. The van der Waals surface area contributed by atoms with E-state index in [-0.39, 0.29) is 13.0 Å². The van der Waals surface area contributed by atoms with Gasteiger partial charge in [0, 0.05) is 13.0 Å². The molecular weight excluding hydrogens is 200 g/mol. The molecule has 0 spiro atoms. The molecule has 1 rings (SSSR count). The van der Waals surface area contributed by atoms with Crippen molar-refractivity contribution in [2.24, 2.45) is 0 Å². The molecule has 0 aliphatic carbocycles. The number of aliphatic hydroxyl groups excluding tert-OH is 1. The molecule has 14 heavy (non-hydrogen) atoms. The molecule has 0 radical (unpaired) electrons. The number of nitrogens with zero attached hydrogens (tertiary/aromatic N) is 1. The number of carbonyl (C=O) groups excluding carboxylic acids is 1. The maximum atomic E-state index is 12.0. The van der Waals surface area contributed by atoms with Gasteiger partial charge >= 0.3 is 12.4 Å². The van der Waals surface area contributed by atoms with Crippen LogP contribution in [0.5, 0.6) is 0 Å². The number of hydrogen-bond donors (Lipinski definition) is 2. The van der Waals surface area contributed by atoms with Crippen LogP contribution < -0.4 is 0 Å². The van der Waals surface area contributed by atoms with Gasteiger partial charge in [0.25, 0.3) is 5.91 Å². The van der Waals surface area contributed by atoms with Gasteiger partial charge in [-0.2, -0.15) is 8.78 Å². The van der Waals surface area contributed by atoms with E-state index < -0.39 is 30.4 Å². The Morgan fingerprint density at radius 3 is 2.43 bits per heavy atom. The van der Waals surface area contributed by atoms with Gasteiger partial charge in [0.05, 0.1) is 6.10 Å². The molecule has 5 nitrogen and oxygen atoms in total. The smallest absolute Gasteiger partial charge is 0.326 e. The Kier molecular flexibility index (Phi) is 3.00. The quantitative estimate of drug-likeness (QED) is 0.630. The molecule has 0 aromatic rings. The second-order valence-electron chi connectivity index (χ2n) is 3.03. The van der Waals surface area contributed by atoms with Gasteiger partial charge in [-0.1, -0.05) is 0 Å². The minimum Gasteiger partial charge on any atom is -0.480 e. The van der Waals surface area contributed by atoms with Gasteiger partial charge in [0.15, 0.2) is 0 Å². The second kappa shape index (κ2) is 3.87. The number of rotatable bonds is 2. The Morgan fingerprint density at radius 1 is 1.43 bits per heavy atom. The van der Waals surface area contributed by atoms with Gasteiger partial charge in [-0.25, -0.2) is 4.79 Å². The van der Waals surface area contributed by atoms with Crippen LogP contribution in [-0.2, 0) is 9.59 Å². The lowest BCUT2D eigenvalue weighted by Crippen LogP contribution is -2.43. The predicted molar refractivity (Wildman–Crippen MR) is 39.8 cm³/mol. The molecule has 0 saturated carbocycles. The number of carbonyl (C=O) groups is 2. The molecule has 2 atom stereocenters. The minimum atomic E-state index is -3.23. The summed E-state index contributed by atoms with van der Waals surface area (Å²) >= 11 is 0. The van der Waals surface area contributed by atoms with E-state index in [1.807, 2.05) is 0 Å². The Hall–Kier alpha value is -1.24. The number of carboxylic acids is 1. The average molecular weight is 209 g/mol. The Balaban J connectivity index is 2.76. The molecule has 1 heterocycles. The number of halogens is 2. The Morgan fingerprint density at radius 2 is 2.00 bits per heavy atom. The summed E-state index contributed by atoms with van der Waals surface area (Å²) in [5, 5.41) is 17.6. The van der Waals surface area contributed by atoms with Crippen LogP contribution in [0.4, 0.5) is 8.78 Å². The highest BCUT2D eigenvalue weighted by Crippen LogP contribution is 2.19. The second-order valence-corrected chi connectivity index (χ2v) is 3.03. The number of aliphatic hydroxyl groups is 1. The fourth-order valence-corrected chi connectivity index (χ4v) is 1.42. The highest BCUT2D eigenvalue weighted by atomic mass is 19.3. The van der Waals surface area contributed by atoms with Crippen molar-refractivity contribution >= 4 is 11.9 Å². The van der Waals surface area contributed by atoms with E-state index in [1.165, 1.54) is 0 Å². The fourth-order valence-electron chi connectivity index (χ4n) is 1.42. The molecule has 1 amide bonds. The maximum absolute atomic E-state index is 12.0. The van der Waals surface area contributed by atoms with E-state index in [9.17, 15) is 18.4 Å². The summed E-state index contributed by atoms with van der Waals surface area (Å²) in [5.41, 5.74) is 0. The highest BCUT2D eigenvalue weighted by Gasteiger charge is 2.41. The van der Waals surface area contributed by atoms with Crippen molar-refractivity contribution in [3.8, 4) is 0 Å². The van der Waals surface area contributed by atoms with Gasteiger partial charge < -0.3 is 15.1 Å². The first kappa shape index (κ1) is 10.8. The van der Waals surface area contributed by atoms with Gasteiger partial charge in [0.1, 0.15) is 6.04 Å². The third-order valence-electron chi connectivity index (χ3n) is 2.03. The van der Waals surface area contributed by atoms with Gasteiger partial charge in [-0.3, -0.25) is 4.79 Å². The molecule has 0 bridgehead atoms. The van der Waals surface area contributed by atoms with Crippen LogP contribution in [0.3, 0.4) is 0 Å². The zero-order valence-corrected chi connectivity index (χ0v) is 7.06. The predicted octanol–water partition coefficient (Wildman–Crippen LogP) is -0.702. The third-order valence-corrected chi connectivity index (χ3v) is 2.03. The summed E-state index contributed by atoms with van der Waals surface area (Å²) in [5.74, 6) is -2.93. The molecular formula is C7H9F2NO4. The van der Waals surface area contributed by atoms with Crippen molar-refractivity contribution in [2.75, 3.05) is 6.54 Å². The average Bonchev–Trinajstić information content (AvgIpc) is 2.45. The molecule has 0 unspecified atom stereocenters. The summed E-state index contributed by atoms with van der Waals surface area (Å²) < 4.78 is 24.0. The Bertz CT molecular complexity index is 258. The molecule has 2 N–H and O–H groups in total. The van der Waals surface area contributed by atoms with E-state index in [1.54, 1.807) is 0 Å². The summed E-state index contributed by atoms with van der Waals surface area (Å²) in [7, 11) is 0. The van der Waals surface area contributed by atoms with Crippen molar-refractivity contribution in [3.05, 3.63) is 0 Å². The molecule has 1 aliphatic heterocycles. The lowest BCUT2D eigenvalue weighted by molar-refractivity contribution is -0.153. The van der Waals surface area contributed by atoms with Crippen LogP contribution in [-0.4, -0.2) is 52.1 Å². The zero-order chi connectivity index (χ0) is 10.9. The third kappa shape index (κ3) is 1.98. The highest BCUT2D eigenvalue weighted by molar-refractivity contribution is 5.86. The van der Waals surface area contributed by atoms with Crippen LogP contribution in [0.2, 0.25) is 0 Å². The topological polar surface area (TPSA) is 77.8 Å². The lowest BCUT2D eigenvalue weighted by Gasteiger charge is -2.20. The van der Waals surface area contributed by atoms with E-state index in [0.29, 0.717) is 4.90 Å². The number of carboxylic acid groups (broad SMARTS) is 1. The van der Waals surface area contributed by atoms with Crippen LogP contribution in [0.1, 0.15) is 6.42 Å². The van der Waals surface area contributed by atoms with Crippen molar-refractivity contribution in [3.63, 3.8) is 0 Å². The SMILES string of the molecule is O=C(O)[C@H]1C[C@@H](O)CN1C(=O)C(F)F. The number of likely N-dealkylation sites (tertiary alicyclic amines) is 1. The number of amides is 1. The van der Waals surface area contributed by atoms with Crippen molar-refractivity contribution in [1.29, 1.82) is 0 Å². The van der Waals surface area contributed by atoms with Gasteiger partial charge in [-0.05, 0) is 0 Å². The first-order valence-corrected chi connectivity index (χ1v) is 3.93. The first-order chi connectivity index (χ1) is 6.43. The van der Waals surface area contributed by atoms with Gasteiger partial charge in [-0.15, -0.1) is 0 Å². The van der Waals surface area contributed by atoms with Crippen LogP contribution in [0.15, 0.2) is 0 Å². The van der Waals surface area contributed by atoms with Crippen molar-refractivity contribution in [1.82, 2.24) is 4.90 Å². The summed E-state index contributed by atoms with van der Waals surface area (Å²) in [6, 6.07) is -1.34. The molecule has 80 valence electrons. The van der Waals surface area contributed by atoms with Crippen LogP contribution >= 0.6 is 0 Å². The van der Waals surface area contributed by atoms with Gasteiger partial charge in [0.2, 0.25) is 0 Å². The minimum absolute atomic E-state index is 0.201. The largest absolute Gasteiger partial charge is 0.480 e. The van der Waals surface area contributed by atoms with E-state index in [4.69, 9.17) is 10.2 Å². The lowest BCUT2D eigenvalue weighted by atomic mass is 10.2. The fraction of sp³-hybridized carbons (Fsp3) is 0.714. The monoisotopic (exact) mass is 209 g/mol.